The second-order valence-corrected chi connectivity index (χ2v) is 5.32. The zero-order valence-corrected chi connectivity index (χ0v) is 12.9. The SMILES string of the molecule is N#CC1=C(C#N)C(=O)C(Cl)C(=NCCCc2ccccc2)C1=O. The summed E-state index contributed by atoms with van der Waals surface area (Å²) in [5.41, 5.74) is 0.0303. The van der Waals surface area contributed by atoms with Gasteiger partial charge in [0.1, 0.15) is 34.4 Å². The van der Waals surface area contributed by atoms with Crippen LogP contribution in [-0.2, 0) is 16.0 Å². The third kappa shape index (κ3) is 3.53. The lowest BCUT2D eigenvalue weighted by molar-refractivity contribution is -0.116. The van der Waals surface area contributed by atoms with E-state index in [1.54, 1.807) is 12.1 Å². The average Bonchev–Trinajstić information content (AvgIpc) is 2.58. The van der Waals surface area contributed by atoms with Gasteiger partial charge >= 0.3 is 0 Å². The largest absolute Gasteiger partial charge is 0.291 e. The van der Waals surface area contributed by atoms with Gasteiger partial charge in [0.15, 0.2) is 5.78 Å². The van der Waals surface area contributed by atoms with Crippen LogP contribution >= 0.6 is 11.6 Å². The summed E-state index contributed by atoms with van der Waals surface area (Å²) in [6.45, 7) is 0.313. The molecule has 0 amide bonds. The van der Waals surface area contributed by atoms with Gasteiger partial charge in [0.25, 0.3) is 0 Å². The molecule has 0 N–H and O–H groups in total. The molecule has 6 heteroatoms. The first kappa shape index (κ1) is 16.6. The quantitative estimate of drug-likeness (QED) is 0.626. The standard InChI is InChI=1S/C17H12ClN3O2/c18-14-15(17(23)13(10-20)12(9-19)16(14)22)21-8-4-7-11-5-2-1-3-6-11/h1-3,5-6,14H,4,7-8H2. The van der Waals surface area contributed by atoms with Crippen LogP contribution in [0.15, 0.2) is 46.5 Å². The van der Waals surface area contributed by atoms with Gasteiger partial charge in [0.2, 0.25) is 5.78 Å². The molecule has 1 unspecified atom stereocenters. The minimum absolute atomic E-state index is 0.153. The molecule has 114 valence electrons. The topological polar surface area (TPSA) is 94.1 Å². The molecule has 1 aromatic carbocycles. The Balaban J connectivity index is 2.12. The molecule has 23 heavy (non-hydrogen) atoms. The Morgan fingerprint density at radius 3 is 2.35 bits per heavy atom. The van der Waals surface area contributed by atoms with Crippen LogP contribution in [0, 0.1) is 22.7 Å². The summed E-state index contributed by atoms with van der Waals surface area (Å²) >= 11 is 5.92. The Morgan fingerprint density at radius 2 is 1.74 bits per heavy atom. The monoisotopic (exact) mass is 325 g/mol. The van der Waals surface area contributed by atoms with Crippen molar-refractivity contribution in [1.82, 2.24) is 0 Å². The van der Waals surface area contributed by atoms with Crippen molar-refractivity contribution in [3.8, 4) is 12.1 Å². The maximum atomic E-state index is 12.1. The molecule has 1 atom stereocenters. The summed E-state index contributed by atoms with van der Waals surface area (Å²) < 4.78 is 0. The number of ketones is 2. The predicted octanol–water partition coefficient (Wildman–Crippen LogP) is 2.16. The Labute approximate surface area is 138 Å². The van der Waals surface area contributed by atoms with Gasteiger partial charge in [-0.1, -0.05) is 30.3 Å². The molecule has 2 rings (SSSR count). The highest BCUT2D eigenvalue weighted by Crippen LogP contribution is 2.21. The molecular formula is C17H12ClN3O2. The van der Waals surface area contributed by atoms with E-state index < -0.39 is 28.1 Å². The number of nitriles is 2. The number of Topliss-reactive ketones (excluding diaryl/α,β-unsaturated/α-hetero) is 2. The van der Waals surface area contributed by atoms with E-state index in [1.807, 2.05) is 30.3 Å². The number of benzene rings is 1. The zero-order valence-electron chi connectivity index (χ0n) is 12.1. The lowest BCUT2D eigenvalue weighted by Gasteiger charge is -2.16. The molecular weight excluding hydrogens is 314 g/mol. The molecule has 0 bridgehead atoms. The highest BCUT2D eigenvalue weighted by Gasteiger charge is 2.39. The van der Waals surface area contributed by atoms with Crippen molar-refractivity contribution in [1.29, 1.82) is 10.5 Å². The van der Waals surface area contributed by atoms with E-state index in [-0.39, 0.29) is 5.71 Å². The Kier molecular flexibility index (Phi) is 5.41. The van der Waals surface area contributed by atoms with Gasteiger partial charge < -0.3 is 0 Å². The lowest BCUT2D eigenvalue weighted by Crippen LogP contribution is -2.39. The van der Waals surface area contributed by atoms with Crippen molar-refractivity contribution >= 4 is 28.9 Å². The van der Waals surface area contributed by atoms with Crippen molar-refractivity contribution in [3.63, 3.8) is 0 Å². The van der Waals surface area contributed by atoms with Crippen LogP contribution in [0.2, 0.25) is 0 Å². The van der Waals surface area contributed by atoms with Gasteiger partial charge in [-0.05, 0) is 18.4 Å². The van der Waals surface area contributed by atoms with Crippen molar-refractivity contribution < 1.29 is 9.59 Å². The van der Waals surface area contributed by atoms with Gasteiger partial charge in [-0.15, -0.1) is 11.6 Å². The number of alkyl halides is 1. The van der Waals surface area contributed by atoms with Crippen molar-refractivity contribution in [2.45, 2.75) is 18.2 Å². The summed E-state index contributed by atoms with van der Waals surface area (Å²) in [5.74, 6) is -1.48. The van der Waals surface area contributed by atoms with E-state index in [4.69, 9.17) is 22.1 Å². The number of halogens is 1. The molecule has 0 heterocycles. The minimum atomic E-state index is -1.30. The second-order valence-electron chi connectivity index (χ2n) is 4.89. The first-order valence-electron chi connectivity index (χ1n) is 6.96. The van der Waals surface area contributed by atoms with E-state index in [9.17, 15) is 9.59 Å². The summed E-state index contributed by atoms with van der Waals surface area (Å²) in [5, 5.41) is 16.6. The Morgan fingerprint density at radius 1 is 1.09 bits per heavy atom. The summed E-state index contributed by atoms with van der Waals surface area (Å²) in [6, 6.07) is 13.0. The molecule has 5 nitrogen and oxygen atoms in total. The Bertz CT molecular complexity index is 782. The molecule has 1 aliphatic carbocycles. The molecule has 1 aromatic rings. The molecule has 0 fully saturated rings. The predicted molar refractivity (Wildman–Crippen MR) is 85.0 cm³/mol. The van der Waals surface area contributed by atoms with Crippen LogP contribution < -0.4 is 0 Å². The van der Waals surface area contributed by atoms with Crippen LogP contribution in [0.4, 0.5) is 0 Å². The molecule has 0 aliphatic heterocycles. The highest BCUT2D eigenvalue weighted by molar-refractivity contribution is 6.65. The van der Waals surface area contributed by atoms with Crippen molar-refractivity contribution in [2.75, 3.05) is 6.54 Å². The first-order valence-corrected chi connectivity index (χ1v) is 7.39. The molecule has 0 aromatic heterocycles. The number of allylic oxidation sites excluding steroid dienone is 2. The van der Waals surface area contributed by atoms with Crippen LogP contribution in [0.3, 0.4) is 0 Å². The summed E-state index contributed by atoms with van der Waals surface area (Å²) in [4.78, 5) is 28.2. The highest BCUT2D eigenvalue weighted by atomic mass is 35.5. The number of nitrogens with zero attached hydrogens (tertiary/aromatic N) is 3. The number of hydrogen-bond acceptors (Lipinski definition) is 5. The fourth-order valence-electron chi connectivity index (χ4n) is 2.23. The zero-order chi connectivity index (χ0) is 16.8. The average molecular weight is 326 g/mol. The molecule has 0 saturated carbocycles. The van der Waals surface area contributed by atoms with E-state index in [0.29, 0.717) is 13.0 Å². The van der Waals surface area contributed by atoms with Crippen LogP contribution in [0.5, 0.6) is 0 Å². The van der Waals surface area contributed by atoms with Gasteiger partial charge in [-0.2, -0.15) is 10.5 Å². The smallest absolute Gasteiger partial charge is 0.220 e. The van der Waals surface area contributed by atoms with E-state index in [1.165, 1.54) is 0 Å². The van der Waals surface area contributed by atoms with E-state index >= 15 is 0 Å². The number of aliphatic imine (C=N–C) groups is 1. The number of rotatable bonds is 4. The third-order valence-electron chi connectivity index (χ3n) is 3.40. The lowest BCUT2D eigenvalue weighted by atomic mass is 9.89. The normalized spacial score (nSPS) is 19.6. The maximum absolute atomic E-state index is 12.1. The summed E-state index contributed by atoms with van der Waals surface area (Å²) in [7, 11) is 0. The van der Waals surface area contributed by atoms with Gasteiger partial charge in [-0.3, -0.25) is 14.6 Å². The minimum Gasteiger partial charge on any atom is -0.291 e. The maximum Gasteiger partial charge on any atom is 0.220 e. The number of hydrogen-bond donors (Lipinski definition) is 0. The van der Waals surface area contributed by atoms with Crippen LogP contribution in [-0.4, -0.2) is 29.2 Å². The third-order valence-corrected chi connectivity index (χ3v) is 3.80. The van der Waals surface area contributed by atoms with Gasteiger partial charge in [-0.25, -0.2) is 0 Å². The van der Waals surface area contributed by atoms with Crippen molar-refractivity contribution in [3.05, 3.63) is 47.0 Å². The van der Waals surface area contributed by atoms with Gasteiger partial charge in [0.05, 0.1) is 0 Å². The van der Waals surface area contributed by atoms with Crippen LogP contribution in [0.1, 0.15) is 12.0 Å². The fraction of sp³-hybridized carbons (Fsp3) is 0.235. The molecule has 1 aliphatic rings. The second kappa shape index (κ2) is 7.49. The molecule has 0 radical (unpaired) electrons. The number of carbonyl (C=O) groups excluding carboxylic acids is 2. The fourth-order valence-corrected chi connectivity index (χ4v) is 2.50. The summed E-state index contributed by atoms with van der Waals surface area (Å²) in [6.07, 6.45) is 1.45. The number of carbonyl (C=O) groups is 2. The first-order chi connectivity index (χ1) is 11.1. The van der Waals surface area contributed by atoms with Crippen molar-refractivity contribution in [2.24, 2.45) is 4.99 Å². The number of aryl methyl sites for hydroxylation is 1. The van der Waals surface area contributed by atoms with E-state index in [2.05, 4.69) is 4.99 Å². The molecule has 0 spiro atoms. The Hall–Kier alpha value is -2.76. The van der Waals surface area contributed by atoms with E-state index in [0.717, 1.165) is 12.0 Å². The molecule has 0 saturated heterocycles. The van der Waals surface area contributed by atoms with Crippen LogP contribution in [0.25, 0.3) is 0 Å². The van der Waals surface area contributed by atoms with Gasteiger partial charge in [0, 0.05) is 6.54 Å².